The van der Waals surface area contributed by atoms with Gasteiger partial charge in [-0.3, -0.25) is 4.79 Å². The number of carbonyl (C=O) groups is 1. The van der Waals surface area contributed by atoms with Gasteiger partial charge in [0.25, 0.3) is 5.89 Å². The number of nitrogens with zero attached hydrogens (tertiary/aromatic N) is 1. The Bertz CT molecular complexity index is 450. The number of oxazole rings is 1. The molecule has 1 heterocycles. The van der Waals surface area contributed by atoms with E-state index in [9.17, 15) is 4.79 Å². The first-order chi connectivity index (χ1) is 6.81. The number of aldehydes is 1. The smallest absolute Gasteiger partial charge is 0.261 e. The lowest BCUT2D eigenvalue weighted by Crippen LogP contribution is -1.73. The summed E-state index contributed by atoms with van der Waals surface area (Å²) >= 11 is 5.79. The van der Waals surface area contributed by atoms with Crippen LogP contribution in [-0.2, 0) is 0 Å². The molecule has 2 aromatic rings. The van der Waals surface area contributed by atoms with Gasteiger partial charge in [-0.15, -0.1) is 0 Å². The molecule has 0 aliphatic carbocycles. The maximum absolute atomic E-state index is 10.4. The molecule has 0 bridgehead atoms. The van der Waals surface area contributed by atoms with Crippen LogP contribution in [-0.4, -0.2) is 11.3 Å². The predicted molar refractivity (Wildman–Crippen MR) is 52.3 cm³/mol. The second-order valence-electron chi connectivity index (χ2n) is 2.66. The maximum atomic E-state index is 10.4. The lowest BCUT2D eigenvalue weighted by molar-refractivity contribution is 0.109. The molecule has 70 valence electrons. The summed E-state index contributed by atoms with van der Waals surface area (Å²) in [6.45, 7) is 0. The second kappa shape index (κ2) is 3.64. The summed E-state index contributed by atoms with van der Waals surface area (Å²) in [7, 11) is 0. The highest BCUT2D eigenvalue weighted by molar-refractivity contribution is 6.31. The minimum atomic E-state index is -0.00569. The fourth-order valence-corrected chi connectivity index (χ4v) is 1.37. The van der Waals surface area contributed by atoms with Crippen molar-refractivity contribution in [3.8, 4) is 11.3 Å². The van der Waals surface area contributed by atoms with Crippen molar-refractivity contribution >= 4 is 17.9 Å². The molecule has 1 aromatic heterocycles. The lowest BCUT2D eigenvalue weighted by Gasteiger charge is -1.94. The van der Waals surface area contributed by atoms with E-state index in [-0.39, 0.29) is 11.0 Å². The molecule has 4 heteroatoms. The summed E-state index contributed by atoms with van der Waals surface area (Å²) in [5.74, 6) is 0.420. The van der Waals surface area contributed by atoms with Gasteiger partial charge in [-0.25, -0.2) is 0 Å². The van der Waals surface area contributed by atoms with Gasteiger partial charge in [-0.2, -0.15) is 4.98 Å². The van der Waals surface area contributed by atoms with Gasteiger partial charge >= 0.3 is 0 Å². The molecule has 0 N–H and O–H groups in total. The van der Waals surface area contributed by atoms with Gasteiger partial charge in [0.2, 0.25) is 6.29 Å². The van der Waals surface area contributed by atoms with Crippen LogP contribution in [0.2, 0.25) is 5.15 Å². The van der Waals surface area contributed by atoms with Crippen LogP contribution in [0.1, 0.15) is 10.7 Å². The zero-order chi connectivity index (χ0) is 9.97. The number of benzene rings is 1. The number of rotatable bonds is 2. The van der Waals surface area contributed by atoms with E-state index in [4.69, 9.17) is 16.0 Å². The van der Waals surface area contributed by atoms with E-state index in [1.807, 2.05) is 30.3 Å². The van der Waals surface area contributed by atoms with Crippen molar-refractivity contribution in [1.29, 1.82) is 0 Å². The molecule has 1 aromatic carbocycles. The first-order valence-electron chi connectivity index (χ1n) is 3.98. The quantitative estimate of drug-likeness (QED) is 0.712. The Kier molecular flexibility index (Phi) is 2.33. The molecule has 0 amide bonds. The maximum Gasteiger partial charge on any atom is 0.261 e. The van der Waals surface area contributed by atoms with Gasteiger partial charge in [0.1, 0.15) is 0 Å². The monoisotopic (exact) mass is 207 g/mol. The Hall–Kier alpha value is -1.61. The highest BCUT2D eigenvalue weighted by Crippen LogP contribution is 2.27. The Labute approximate surface area is 85.3 Å². The lowest BCUT2D eigenvalue weighted by atomic mass is 10.2. The summed E-state index contributed by atoms with van der Waals surface area (Å²) in [5.41, 5.74) is 0.804. The molecule has 3 nitrogen and oxygen atoms in total. The molecule has 0 atom stereocenters. The van der Waals surface area contributed by atoms with Crippen molar-refractivity contribution in [2.45, 2.75) is 0 Å². The van der Waals surface area contributed by atoms with E-state index in [0.29, 0.717) is 12.0 Å². The summed E-state index contributed by atoms with van der Waals surface area (Å²) in [4.78, 5) is 14.1. The number of hydrogen-bond acceptors (Lipinski definition) is 3. The number of carbonyl (C=O) groups excluding carboxylic acids is 1. The zero-order valence-corrected chi connectivity index (χ0v) is 7.86. The van der Waals surface area contributed by atoms with Gasteiger partial charge in [0.15, 0.2) is 10.9 Å². The van der Waals surface area contributed by atoms with Gasteiger partial charge in [-0.1, -0.05) is 41.9 Å². The molecule has 0 unspecified atom stereocenters. The highest BCUT2D eigenvalue weighted by atomic mass is 35.5. The molecule has 0 spiro atoms. The van der Waals surface area contributed by atoms with Crippen LogP contribution in [0.15, 0.2) is 34.7 Å². The topological polar surface area (TPSA) is 43.1 Å². The van der Waals surface area contributed by atoms with E-state index >= 15 is 0 Å². The second-order valence-corrected chi connectivity index (χ2v) is 3.01. The van der Waals surface area contributed by atoms with Crippen molar-refractivity contribution in [1.82, 2.24) is 4.98 Å². The molecular weight excluding hydrogens is 202 g/mol. The van der Waals surface area contributed by atoms with Crippen LogP contribution in [0.5, 0.6) is 0 Å². The molecule has 0 fully saturated rings. The molecule has 0 saturated heterocycles. The van der Waals surface area contributed by atoms with Gasteiger partial charge in [0, 0.05) is 5.56 Å². The van der Waals surface area contributed by atoms with Crippen LogP contribution >= 0.6 is 11.6 Å². The molecule has 0 radical (unpaired) electrons. The van der Waals surface area contributed by atoms with Crippen molar-refractivity contribution in [2.24, 2.45) is 0 Å². The molecular formula is C10H6ClNO2. The van der Waals surface area contributed by atoms with Crippen molar-refractivity contribution < 1.29 is 9.21 Å². The van der Waals surface area contributed by atoms with Crippen LogP contribution in [0.25, 0.3) is 11.3 Å². The zero-order valence-electron chi connectivity index (χ0n) is 7.11. The fraction of sp³-hybridized carbons (Fsp3) is 0. The third kappa shape index (κ3) is 1.54. The standard InChI is InChI=1S/C10H6ClNO2/c11-10-9(14-8(6-13)12-10)7-4-2-1-3-5-7/h1-6H. The Morgan fingerprint density at radius 3 is 2.57 bits per heavy atom. The summed E-state index contributed by atoms with van der Waals surface area (Å²) in [6.07, 6.45) is 0.526. The minimum absolute atomic E-state index is 0.00569. The first-order valence-corrected chi connectivity index (χ1v) is 4.36. The van der Waals surface area contributed by atoms with Crippen LogP contribution in [0.4, 0.5) is 0 Å². The summed E-state index contributed by atoms with van der Waals surface area (Å²) < 4.78 is 5.14. The number of halogens is 1. The van der Waals surface area contributed by atoms with E-state index in [2.05, 4.69) is 4.98 Å². The van der Waals surface area contributed by atoms with Crippen LogP contribution in [0.3, 0.4) is 0 Å². The fourth-order valence-electron chi connectivity index (χ4n) is 1.13. The first kappa shape index (κ1) is 8.97. The predicted octanol–water partition coefficient (Wildman–Crippen LogP) is 2.81. The van der Waals surface area contributed by atoms with Crippen LogP contribution in [0, 0.1) is 0 Å². The summed E-state index contributed by atoms with van der Waals surface area (Å²) in [6, 6.07) is 9.26. The van der Waals surface area contributed by atoms with Gasteiger partial charge in [0.05, 0.1) is 0 Å². The third-order valence-electron chi connectivity index (χ3n) is 1.74. The average Bonchev–Trinajstić information content (AvgIpc) is 2.61. The SMILES string of the molecule is O=Cc1nc(Cl)c(-c2ccccc2)o1. The summed E-state index contributed by atoms with van der Waals surface area (Å²) in [5, 5.41) is 0.207. The van der Waals surface area contributed by atoms with Crippen LogP contribution < -0.4 is 0 Å². The van der Waals surface area contributed by atoms with Crippen molar-refractivity contribution in [2.75, 3.05) is 0 Å². The Balaban J connectivity index is 2.51. The molecule has 14 heavy (non-hydrogen) atoms. The molecule has 0 aliphatic heterocycles. The Morgan fingerprint density at radius 1 is 1.29 bits per heavy atom. The number of hydrogen-bond donors (Lipinski definition) is 0. The van der Waals surface area contributed by atoms with E-state index in [1.54, 1.807) is 0 Å². The van der Waals surface area contributed by atoms with Gasteiger partial charge < -0.3 is 4.42 Å². The van der Waals surface area contributed by atoms with E-state index in [0.717, 1.165) is 5.56 Å². The van der Waals surface area contributed by atoms with Crippen molar-refractivity contribution in [3.63, 3.8) is 0 Å². The number of aromatic nitrogens is 1. The largest absolute Gasteiger partial charge is 0.432 e. The Morgan fingerprint density at radius 2 is 2.00 bits per heavy atom. The third-order valence-corrected chi connectivity index (χ3v) is 2.00. The normalized spacial score (nSPS) is 10.1. The molecule has 0 saturated carbocycles. The van der Waals surface area contributed by atoms with Crippen molar-refractivity contribution in [3.05, 3.63) is 41.4 Å². The minimum Gasteiger partial charge on any atom is -0.432 e. The van der Waals surface area contributed by atoms with E-state index in [1.165, 1.54) is 0 Å². The highest BCUT2D eigenvalue weighted by Gasteiger charge is 2.11. The molecule has 0 aliphatic rings. The molecule has 2 rings (SSSR count). The van der Waals surface area contributed by atoms with E-state index < -0.39 is 0 Å². The van der Waals surface area contributed by atoms with Gasteiger partial charge in [-0.05, 0) is 0 Å². The average molecular weight is 208 g/mol.